The second kappa shape index (κ2) is 7.19. The van der Waals surface area contributed by atoms with Gasteiger partial charge in [0.25, 0.3) is 0 Å². The van der Waals surface area contributed by atoms with Crippen LogP contribution in [0.1, 0.15) is 30.5 Å². The van der Waals surface area contributed by atoms with Gasteiger partial charge in [-0.15, -0.1) is 11.3 Å². The normalized spacial score (nSPS) is 12.9. The van der Waals surface area contributed by atoms with Crippen molar-refractivity contribution in [1.82, 2.24) is 10.3 Å². The highest BCUT2D eigenvalue weighted by Gasteiger charge is 2.03. The van der Waals surface area contributed by atoms with E-state index in [1.165, 1.54) is 6.08 Å². The molecule has 1 amide bonds. The van der Waals surface area contributed by atoms with Gasteiger partial charge in [0.2, 0.25) is 5.91 Å². The number of carbonyl (C=O) groups excluding carboxylic acids is 1. The first-order valence-corrected chi connectivity index (χ1v) is 6.51. The molecule has 0 aliphatic rings. The zero-order valence-corrected chi connectivity index (χ0v) is 11.0. The number of thiazole rings is 1. The zero-order valence-electron chi connectivity index (χ0n) is 10.1. The average Bonchev–Trinajstić information content (AvgIpc) is 2.70. The van der Waals surface area contributed by atoms with E-state index in [2.05, 4.69) is 10.3 Å². The Hall–Kier alpha value is -1.20. The molecule has 17 heavy (non-hydrogen) atoms. The summed E-state index contributed by atoms with van der Waals surface area (Å²) in [5, 5.41) is 14.4. The first kappa shape index (κ1) is 13.9. The molecular weight excluding hydrogens is 236 g/mol. The predicted molar refractivity (Wildman–Crippen MR) is 69.8 cm³/mol. The third-order valence-corrected chi connectivity index (χ3v) is 3.02. The van der Waals surface area contributed by atoms with Crippen molar-refractivity contribution >= 4 is 23.3 Å². The number of aliphatic hydroxyl groups is 1. The SMILES string of the molecule is Cc1nc(C=CC(=O)NC(C)CCCO)cs1. The molecule has 1 rings (SSSR count). The number of aliphatic hydroxyl groups excluding tert-OH is 1. The molecule has 1 heterocycles. The van der Waals surface area contributed by atoms with Crippen LogP contribution in [0.3, 0.4) is 0 Å². The maximum atomic E-state index is 11.5. The van der Waals surface area contributed by atoms with Gasteiger partial charge in [-0.05, 0) is 32.8 Å². The summed E-state index contributed by atoms with van der Waals surface area (Å²) in [6.45, 7) is 4.02. The predicted octanol–water partition coefficient (Wildman–Crippen LogP) is 1.74. The molecular formula is C12H18N2O2S. The maximum Gasteiger partial charge on any atom is 0.244 e. The van der Waals surface area contributed by atoms with E-state index in [1.807, 2.05) is 19.2 Å². The summed E-state index contributed by atoms with van der Waals surface area (Å²) in [5.41, 5.74) is 0.811. The van der Waals surface area contributed by atoms with Crippen LogP contribution >= 0.6 is 11.3 Å². The van der Waals surface area contributed by atoms with Crippen molar-refractivity contribution in [1.29, 1.82) is 0 Å². The third kappa shape index (κ3) is 5.60. The highest BCUT2D eigenvalue weighted by atomic mass is 32.1. The molecule has 94 valence electrons. The summed E-state index contributed by atoms with van der Waals surface area (Å²) in [6, 6.07) is 0.0801. The summed E-state index contributed by atoms with van der Waals surface area (Å²) in [5.74, 6) is -0.124. The number of aromatic nitrogens is 1. The van der Waals surface area contributed by atoms with Gasteiger partial charge in [0.1, 0.15) is 0 Å². The lowest BCUT2D eigenvalue weighted by Crippen LogP contribution is -2.31. The molecule has 0 fully saturated rings. The number of carbonyl (C=O) groups is 1. The van der Waals surface area contributed by atoms with Gasteiger partial charge in [0.05, 0.1) is 10.7 Å². The Morgan fingerprint density at radius 3 is 3.06 bits per heavy atom. The molecule has 2 N–H and O–H groups in total. The van der Waals surface area contributed by atoms with Gasteiger partial charge in [0, 0.05) is 24.1 Å². The Bertz CT molecular complexity index is 388. The number of rotatable bonds is 6. The van der Waals surface area contributed by atoms with Crippen LogP contribution in [0.4, 0.5) is 0 Å². The lowest BCUT2D eigenvalue weighted by atomic mass is 10.2. The van der Waals surface area contributed by atoms with Gasteiger partial charge in [-0.25, -0.2) is 4.98 Å². The van der Waals surface area contributed by atoms with Crippen molar-refractivity contribution in [2.75, 3.05) is 6.61 Å². The van der Waals surface area contributed by atoms with Crippen molar-refractivity contribution in [2.24, 2.45) is 0 Å². The van der Waals surface area contributed by atoms with E-state index >= 15 is 0 Å². The highest BCUT2D eigenvalue weighted by Crippen LogP contribution is 2.09. The minimum absolute atomic E-state index is 0.0801. The highest BCUT2D eigenvalue weighted by molar-refractivity contribution is 7.09. The summed E-state index contributed by atoms with van der Waals surface area (Å²) in [6.07, 6.45) is 4.68. The Labute approximate surface area is 105 Å². The quantitative estimate of drug-likeness (QED) is 0.760. The minimum atomic E-state index is -0.124. The van der Waals surface area contributed by atoms with Gasteiger partial charge in [-0.1, -0.05) is 0 Å². The van der Waals surface area contributed by atoms with Gasteiger partial charge in [-0.2, -0.15) is 0 Å². The summed E-state index contributed by atoms with van der Waals surface area (Å²) in [4.78, 5) is 15.7. The summed E-state index contributed by atoms with van der Waals surface area (Å²) in [7, 11) is 0. The Morgan fingerprint density at radius 2 is 2.47 bits per heavy atom. The van der Waals surface area contributed by atoms with E-state index in [9.17, 15) is 4.79 Å². The van der Waals surface area contributed by atoms with Gasteiger partial charge < -0.3 is 10.4 Å². The number of amides is 1. The number of aryl methyl sites for hydroxylation is 1. The molecule has 1 unspecified atom stereocenters. The van der Waals surface area contributed by atoms with Crippen LogP contribution in [0, 0.1) is 6.92 Å². The summed E-state index contributed by atoms with van der Waals surface area (Å²) < 4.78 is 0. The maximum absolute atomic E-state index is 11.5. The lowest BCUT2D eigenvalue weighted by molar-refractivity contribution is -0.117. The number of hydrogen-bond donors (Lipinski definition) is 2. The largest absolute Gasteiger partial charge is 0.396 e. The van der Waals surface area contributed by atoms with Crippen molar-refractivity contribution in [3.05, 3.63) is 22.2 Å². The standard InChI is InChI=1S/C12H18N2O2S/c1-9(4-3-7-15)13-12(16)6-5-11-8-17-10(2)14-11/h5-6,8-9,15H,3-4,7H2,1-2H3,(H,13,16). The first-order valence-electron chi connectivity index (χ1n) is 5.63. The smallest absolute Gasteiger partial charge is 0.244 e. The monoisotopic (exact) mass is 254 g/mol. The van der Waals surface area contributed by atoms with Gasteiger partial charge >= 0.3 is 0 Å². The second-order valence-corrected chi connectivity index (χ2v) is 4.96. The van der Waals surface area contributed by atoms with E-state index in [0.717, 1.165) is 17.1 Å². The molecule has 1 aromatic rings. The topological polar surface area (TPSA) is 62.2 Å². The van der Waals surface area contributed by atoms with Crippen LogP contribution in [0.5, 0.6) is 0 Å². The van der Waals surface area contributed by atoms with E-state index < -0.39 is 0 Å². The second-order valence-electron chi connectivity index (χ2n) is 3.90. The van der Waals surface area contributed by atoms with Crippen LogP contribution < -0.4 is 5.32 Å². The molecule has 0 aromatic carbocycles. The molecule has 0 aliphatic heterocycles. The van der Waals surface area contributed by atoms with E-state index in [1.54, 1.807) is 17.4 Å². The Balaban J connectivity index is 2.36. The molecule has 1 aromatic heterocycles. The first-order chi connectivity index (χ1) is 8.11. The van der Waals surface area contributed by atoms with E-state index in [0.29, 0.717) is 6.42 Å². The van der Waals surface area contributed by atoms with E-state index in [4.69, 9.17) is 5.11 Å². The number of nitrogens with one attached hydrogen (secondary N) is 1. The number of nitrogens with zero attached hydrogens (tertiary/aromatic N) is 1. The van der Waals surface area contributed by atoms with Gasteiger partial charge in [-0.3, -0.25) is 4.79 Å². The molecule has 1 atom stereocenters. The zero-order chi connectivity index (χ0) is 12.7. The molecule has 4 nitrogen and oxygen atoms in total. The van der Waals surface area contributed by atoms with Crippen molar-refractivity contribution in [3.63, 3.8) is 0 Å². The minimum Gasteiger partial charge on any atom is -0.396 e. The van der Waals surface area contributed by atoms with Crippen LogP contribution in [0.15, 0.2) is 11.5 Å². The number of hydrogen-bond acceptors (Lipinski definition) is 4. The molecule has 0 saturated carbocycles. The van der Waals surface area contributed by atoms with Crippen molar-refractivity contribution in [3.8, 4) is 0 Å². The molecule has 0 saturated heterocycles. The molecule has 5 heteroatoms. The fourth-order valence-electron chi connectivity index (χ4n) is 1.38. The molecule has 0 aliphatic carbocycles. The fraction of sp³-hybridized carbons (Fsp3) is 0.500. The fourth-order valence-corrected chi connectivity index (χ4v) is 1.96. The van der Waals surface area contributed by atoms with Crippen LogP contribution in [0.25, 0.3) is 6.08 Å². The van der Waals surface area contributed by atoms with Crippen LogP contribution in [-0.4, -0.2) is 28.6 Å². The van der Waals surface area contributed by atoms with Gasteiger partial charge in [0.15, 0.2) is 0 Å². The van der Waals surface area contributed by atoms with Crippen LogP contribution in [-0.2, 0) is 4.79 Å². The molecule has 0 radical (unpaired) electrons. The third-order valence-electron chi connectivity index (χ3n) is 2.23. The molecule has 0 spiro atoms. The summed E-state index contributed by atoms with van der Waals surface area (Å²) >= 11 is 1.56. The van der Waals surface area contributed by atoms with Crippen LogP contribution in [0.2, 0.25) is 0 Å². The van der Waals surface area contributed by atoms with Crippen molar-refractivity contribution in [2.45, 2.75) is 32.7 Å². The Kier molecular flexibility index (Phi) is 5.86. The van der Waals surface area contributed by atoms with Crippen molar-refractivity contribution < 1.29 is 9.90 Å². The Morgan fingerprint density at radius 1 is 1.71 bits per heavy atom. The van der Waals surface area contributed by atoms with E-state index in [-0.39, 0.29) is 18.6 Å². The average molecular weight is 254 g/mol. The molecule has 0 bridgehead atoms. The lowest BCUT2D eigenvalue weighted by Gasteiger charge is -2.10.